The zero-order valence-electron chi connectivity index (χ0n) is 12.5. The molecule has 2 aromatic heterocycles. The normalized spacial score (nSPS) is 10.4. The van der Waals surface area contributed by atoms with Crippen LogP contribution in [0.25, 0.3) is 10.6 Å². The van der Waals surface area contributed by atoms with E-state index in [1.54, 1.807) is 11.3 Å². The van der Waals surface area contributed by atoms with Crippen molar-refractivity contribution in [2.75, 3.05) is 13.2 Å². The van der Waals surface area contributed by atoms with Crippen molar-refractivity contribution in [3.05, 3.63) is 60.1 Å². The summed E-state index contributed by atoms with van der Waals surface area (Å²) >= 11 is 1.66. The fraction of sp³-hybridized carbons (Fsp3) is 0.176. The van der Waals surface area contributed by atoms with Crippen LogP contribution in [-0.4, -0.2) is 28.8 Å². The van der Waals surface area contributed by atoms with E-state index in [9.17, 15) is 4.79 Å². The van der Waals surface area contributed by atoms with Gasteiger partial charge in [0.05, 0.1) is 11.4 Å². The summed E-state index contributed by atoms with van der Waals surface area (Å²) < 4.78 is 7.22. The van der Waals surface area contributed by atoms with Gasteiger partial charge in [0.15, 0.2) is 6.61 Å². The average molecular weight is 327 g/mol. The molecule has 3 rings (SSSR count). The summed E-state index contributed by atoms with van der Waals surface area (Å²) in [6.07, 6.45) is 1.92. The number of hydrogen-bond acceptors (Lipinski definition) is 4. The molecule has 2 heterocycles. The fourth-order valence-corrected chi connectivity index (χ4v) is 2.76. The van der Waals surface area contributed by atoms with Crippen LogP contribution >= 0.6 is 11.3 Å². The van der Waals surface area contributed by atoms with Gasteiger partial charge < -0.3 is 10.1 Å². The second kappa shape index (κ2) is 7.60. The van der Waals surface area contributed by atoms with E-state index in [2.05, 4.69) is 10.4 Å². The molecule has 1 amide bonds. The lowest BCUT2D eigenvalue weighted by Gasteiger charge is -2.07. The zero-order valence-corrected chi connectivity index (χ0v) is 13.3. The van der Waals surface area contributed by atoms with Gasteiger partial charge in [-0.1, -0.05) is 24.3 Å². The maximum atomic E-state index is 11.7. The van der Waals surface area contributed by atoms with Gasteiger partial charge >= 0.3 is 0 Å². The number of carbonyl (C=O) groups excluding carboxylic acids is 1. The molecule has 0 aliphatic heterocycles. The minimum atomic E-state index is -0.139. The molecular weight excluding hydrogens is 310 g/mol. The van der Waals surface area contributed by atoms with Crippen molar-refractivity contribution in [3.8, 4) is 16.3 Å². The van der Waals surface area contributed by atoms with Gasteiger partial charge in [-0.2, -0.15) is 5.10 Å². The van der Waals surface area contributed by atoms with Gasteiger partial charge in [0, 0.05) is 12.7 Å². The lowest BCUT2D eigenvalue weighted by atomic mass is 10.3. The summed E-state index contributed by atoms with van der Waals surface area (Å²) in [5.41, 5.74) is 0.957. The lowest BCUT2D eigenvalue weighted by molar-refractivity contribution is -0.123. The van der Waals surface area contributed by atoms with Crippen molar-refractivity contribution in [3.63, 3.8) is 0 Å². The van der Waals surface area contributed by atoms with Crippen LogP contribution in [0.15, 0.2) is 60.1 Å². The summed E-state index contributed by atoms with van der Waals surface area (Å²) in [6.45, 7) is 1.16. The summed E-state index contributed by atoms with van der Waals surface area (Å²) in [5.74, 6) is 0.551. The van der Waals surface area contributed by atoms with Crippen LogP contribution in [0.1, 0.15) is 0 Å². The number of carbonyl (C=O) groups is 1. The van der Waals surface area contributed by atoms with Crippen LogP contribution in [-0.2, 0) is 11.3 Å². The Labute approximate surface area is 138 Å². The Hall–Kier alpha value is -2.60. The maximum Gasteiger partial charge on any atom is 0.258 e. The molecule has 5 nitrogen and oxygen atoms in total. The van der Waals surface area contributed by atoms with Crippen molar-refractivity contribution in [1.82, 2.24) is 15.1 Å². The molecule has 0 saturated carbocycles. The first-order valence-corrected chi connectivity index (χ1v) is 8.21. The van der Waals surface area contributed by atoms with Gasteiger partial charge in [0.25, 0.3) is 5.91 Å². The first-order chi connectivity index (χ1) is 11.3. The number of nitrogens with one attached hydrogen (secondary N) is 1. The molecule has 0 spiro atoms. The Morgan fingerprint density at radius 1 is 1.17 bits per heavy atom. The minimum Gasteiger partial charge on any atom is -0.484 e. The Kier molecular flexibility index (Phi) is 5.06. The standard InChI is InChI=1S/C17H17N3O2S/c21-17(13-22-14-5-2-1-3-6-14)18-9-11-20-10-8-15(19-20)16-7-4-12-23-16/h1-8,10,12H,9,11,13H2,(H,18,21). The molecule has 3 aromatic rings. The molecule has 1 aromatic carbocycles. The van der Waals surface area contributed by atoms with E-state index in [0.717, 1.165) is 10.6 Å². The van der Waals surface area contributed by atoms with Gasteiger partial charge in [-0.25, -0.2) is 0 Å². The topological polar surface area (TPSA) is 56.1 Å². The number of nitrogens with zero attached hydrogens (tertiary/aromatic N) is 2. The Morgan fingerprint density at radius 3 is 2.83 bits per heavy atom. The smallest absolute Gasteiger partial charge is 0.258 e. The number of amides is 1. The van der Waals surface area contributed by atoms with Crippen molar-refractivity contribution in [2.24, 2.45) is 0 Å². The summed E-state index contributed by atoms with van der Waals surface area (Å²) in [7, 11) is 0. The Morgan fingerprint density at radius 2 is 2.04 bits per heavy atom. The second-order valence-corrected chi connectivity index (χ2v) is 5.84. The number of hydrogen-bond donors (Lipinski definition) is 1. The molecule has 6 heteroatoms. The molecule has 0 aliphatic rings. The van der Waals surface area contributed by atoms with Crippen LogP contribution in [0.2, 0.25) is 0 Å². The average Bonchev–Trinajstić information content (AvgIpc) is 3.25. The number of benzene rings is 1. The highest BCUT2D eigenvalue weighted by atomic mass is 32.1. The number of thiophene rings is 1. The quantitative estimate of drug-likeness (QED) is 0.726. The van der Waals surface area contributed by atoms with E-state index < -0.39 is 0 Å². The molecular formula is C17H17N3O2S. The second-order valence-electron chi connectivity index (χ2n) is 4.89. The number of rotatable bonds is 7. The highest BCUT2D eigenvalue weighted by Gasteiger charge is 2.05. The first-order valence-electron chi connectivity index (χ1n) is 7.33. The highest BCUT2D eigenvalue weighted by molar-refractivity contribution is 7.13. The first kappa shape index (κ1) is 15.3. The van der Waals surface area contributed by atoms with Gasteiger partial charge in [-0.05, 0) is 29.6 Å². The van der Waals surface area contributed by atoms with Crippen molar-refractivity contribution >= 4 is 17.2 Å². The highest BCUT2D eigenvalue weighted by Crippen LogP contribution is 2.22. The summed E-state index contributed by atoms with van der Waals surface area (Å²) in [6, 6.07) is 15.3. The van der Waals surface area contributed by atoms with E-state index >= 15 is 0 Å². The molecule has 118 valence electrons. The Bertz CT molecular complexity index is 738. The fourth-order valence-electron chi connectivity index (χ4n) is 2.07. The van der Waals surface area contributed by atoms with E-state index in [1.807, 2.05) is 64.8 Å². The van der Waals surface area contributed by atoms with Crippen molar-refractivity contribution in [1.29, 1.82) is 0 Å². The lowest BCUT2D eigenvalue weighted by Crippen LogP contribution is -2.31. The maximum absolute atomic E-state index is 11.7. The van der Waals surface area contributed by atoms with Gasteiger partial charge in [0.2, 0.25) is 0 Å². The number of aromatic nitrogens is 2. The third-order valence-corrected chi connectivity index (χ3v) is 4.08. The van der Waals surface area contributed by atoms with Crippen LogP contribution in [0.3, 0.4) is 0 Å². The molecule has 0 unspecified atom stereocenters. The molecule has 0 aliphatic carbocycles. The predicted octanol–water partition coefficient (Wildman–Crippen LogP) is 2.81. The molecule has 0 bridgehead atoms. The largest absolute Gasteiger partial charge is 0.484 e. The predicted molar refractivity (Wildman–Crippen MR) is 90.5 cm³/mol. The van der Waals surface area contributed by atoms with Crippen LogP contribution in [0.4, 0.5) is 0 Å². The molecule has 0 atom stereocenters. The van der Waals surface area contributed by atoms with Crippen LogP contribution < -0.4 is 10.1 Å². The molecule has 0 fully saturated rings. The van der Waals surface area contributed by atoms with Crippen LogP contribution in [0, 0.1) is 0 Å². The Balaban J connectivity index is 1.40. The van der Waals surface area contributed by atoms with Crippen molar-refractivity contribution in [2.45, 2.75) is 6.54 Å². The summed E-state index contributed by atoms with van der Waals surface area (Å²) in [4.78, 5) is 12.9. The third-order valence-electron chi connectivity index (χ3n) is 3.19. The third kappa shape index (κ3) is 4.43. The van der Waals surface area contributed by atoms with E-state index in [-0.39, 0.29) is 12.5 Å². The summed E-state index contributed by atoms with van der Waals surface area (Å²) in [5, 5.41) is 9.34. The van der Waals surface area contributed by atoms with E-state index in [0.29, 0.717) is 18.8 Å². The molecule has 0 saturated heterocycles. The van der Waals surface area contributed by atoms with E-state index in [4.69, 9.17) is 4.74 Å². The number of para-hydroxylation sites is 1. The van der Waals surface area contributed by atoms with Gasteiger partial charge in [-0.15, -0.1) is 11.3 Å². The van der Waals surface area contributed by atoms with Gasteiger partial charge in [0.1, 0.15) is 11.4 Å². The minimum absolute atomic E-state index is 0.0174. The SMILES string of the molecule is O=C(COc1ccccc1)NCCn1ccc(-c2cccs2)n1. The number of ether oxygens (including phenoxy) is 1. The van der Waals surface area contributed by atoms with E-state index in [1.165, 1.54) is 0 Å². The van der Waals surface area contributed by atoms with Gasteiger partial charge in [-0.3, -0.25) is 9.48 Å². The molecule has 1 N–H and O–H groups in total. The molecule has 23 heavy (non-hydrogen) atoms. The van der Waals surface area contributed by atoms with Crippen molar-refractivity contribution < 1.29 is 9.53 Å². The monoisotopic (exact) mass is 327 g/mol. The zero-order chi connectivity index (χ0) is 15.9. The molecule has 0 radical (unpaired) electrons. The van der Waals surface area contributed by atoms with Crippen LogP contribution in [0.5, 0.6) is 5.75 Å².